The summed E-state index contributed by atoms with van der Waals surface area (Å²) in [7, 11) is 0. The Hall–Kier alpha value is -1.64. The average molecular weight is 294 g/mol. The van der Waals surface area contributed by atoms with E-state index in [1.807, 2.05) is 0 Å². The lowest BCUT2D eigenvalue weighted by Gasteiger charge is -2.16. The molecule has 0 aromatic carbocycles. The summed E-state index contributed by atoms with van der Waals surface area (Å²) in [6.45, 7) is 0.588. The first-order chi connectivity index (χ1) is 8.79. The van der Waals surface area contributed by atoms with Crippen molar-refractivity contribution in [2.24, 2.45) is 0 Å². The topological polar surface area (TPSA) is 63.8 Å². The molecule has 3 N–H and O–H groups in total. The Labute approximate surface area is 109 Å². The van der Waals surface area contributed by atoms with Gasteiger partial charge in [-0.25, -0.2) is 13.8 Å². The zero-order valence-electron chi connectivity index (χ0n) is 9.75. The molecule has 0 saturated carbocycles. The highest BCUT2D eigenvalue weighted by Gasteiger charge is 2.40. The van der Waals surface area contributed by atoms with Crippen LogP contribution in [0.2, 0.25) is 0 Å². The quantitative estimate of drug-likeness (QED) is 0.851. The average Bonchev–Trinajstić information content (AvgIpc) is 2.66. The molecule has 4 nitrogen and oxygen atoms in total. The van der Waals surface area contributed by atoms with Crippen LogP contribution in [0.1, 0.15) is 4.88 Å². The van der Waals surface area contributed by atoms with E-state index in [0.29, 0.717) is 10.2 Å². The molecule has 9 heteroatoms. The van der Waals surface area contributed by atoms with Gasteiger partial charge in [0.1, 0.15) is 10.6 Å². The second-order valence-electron chi connectivity index (χ2n) is 3.92. The van der Waals surface area contributed by atoms with Crippen LogP contribution in [0.4, 0.5) is 29.3 Å². The predicted octanol–water partition coefficient (Wildman–Crippen LogP) is 2.89. The summed E-state index contributed by atoms with van der Waals surface area (Å²) >= 11 is 1.31. The molecule has 0 bridgehead atoms. The minimum Gasteiger partial charge on any atom is -0.368 e. The highest BCUT2D eigenvalue weighted by molar-refractivity contribution is 7.18. The molecule has 0 aliphatic carbocycles. The zero-order valence-corrected chi connectivity index (χ0v) is 10.6. The fourth-order valence-electron chi connectivity index (χ4n) is 1.47. The molecule has 104 valence electrons. The number of anilines is 2. The van der Waals surface area contributed by atoms with Crippen molar-refractivity contribution in [3.63, 3.8) is 0 Å². The molecule has 0 saturated heterocycles. The van der Waals surface area contributed by atoms with Gasteiger partial charge in [-0.15, -0.1) is 11.3 Å². The minimum absolute atomic E-state index is 0.0344. The van der Waals surface area contributed by atoms with Gasteiger partial charge in [-0.2, -0.15) is 13.8 Å². The summed E-state index contributed by atoms with van der Waals surface area (Å²) < 4.78 is 49.8. The number of aromatic nitrogens is 2. The highest BCUT2D eigenvalue weighted by Crippen LogP contribution is 2.30. The third-order valence-electron chi connectivity index (χ3n) is 2.34. The summed E-state index contributed by atoms with van der Waals surface area (Å²) in [5, 5.41) is 2.70. The van der Waals surface area contributed by atoms with E-state index in [1.165, 1.54) is 11.3 Å². The molecule has 0 spiro atoms. The van der Waals surface area contributed by atoms with Crippen LogP contribution in [0, 0.1) is 6.92 Å². The van der Waals surface area contributed by atoms with Gasteiger partial charge in [-0.1, -0.05) is 0 Å². The van der Waals surface area contributed by atoms with Gasteiger partial charge in [0.15, 0.2) is 0 Å². The SMILES string of the molecule is Cc1cc2c(NCC(F)(F)C(F)F)nc(N)nc2s1. The lowest BCUT2D eigenvalue weighted by atomic mass is 10.3. The molecule has 0 aliphatic heterocycles. The first-order valence-electron chi connectivity index (χ1n) is 5.23. The normalized spacial score (nSPS) is 12.3. The van der Waals surface area contributed by atoms with Gasteiger partial charge in [-0.05, 0) is 13.0 Å². The highest BCUT2D eigenvalue weighted by atomic mass is 32.1. The third kappa shape index (κ3) is 2.86. The molecule has 2 aromatic heterocycles. The van der Waals surface area contributed by atoms with Crippen molar-refractivity contribution in [3.05, 3.63) is 10.9 Å². The fourth-order valence-corrected chi connectivity index (χ4v) is 2.36. The molecular formula is C10H10F4N4S. The Kier molecular flexibility index (Phi) is 3.48. The summed E-state index contributed by atoms with van der Waals surface area (Å²) in [5.74, 6) is -4.19. The Morgan fingerprint density at radius 3 is 2.74 bits per heavy atom. The fraction of sp³-hybridized carbons (Fsp3) is 0.400. The van der Waals surface area contributed by atoms with E-state index in [1.54, 1.807) is 13.0 Å². The number of nitrogen functional groups attached to an aromatic ring is 1. The van der Waals surface area contributed by atoms with Gasteiger partial charge in [-0.3, -0.25) is 0 Å². The van der Waals surface area contributed by atoms with Crippen molar-refractivity contribution < 1.29 is 17.6 Å². The Morgan fingerprint density at radius 1 is 1.42 bits per heavy atom. The molecule has 0 aliphatic rings. The zero-order chi connectivity index (χ0) is 14.2. The van der Waals surface area contributed by atoms with E-state index >= 15 is 0 Å². The van der Waals surface area contributed by atoms with Crippen LogP contribution in [0.5, 0.6) is 0 Å². The standard InChI is InChI=1S/C10H10F4N4S/c1-4-2-5-6(16-3-10(13,14)8(11)12)17-9(15)18-7(5)19-4/h2,8H,3H2,1H3,(H3,15,16,17,18). The molecular weight excluding hydrogens is 284 g/mol. The molecule has 2 heterocycles. The molecule has 0 fully saturated rings. The number of hydrogen-bond acceptors (Lipinski definition) is 5. The van der Waals surface area contributed by atoms with E-state index in [2.05, 4.69) is 15.3 Å². The molecule has 2 aromatic rings. The first kappa shape index (κ1) is 13.8. The van der Waals surface area contributed by atoms with E-state index in [9.17, 15) is 17.6 Å². The summed E-state index contributed by atoms with van der Waals surface area (Å²) in [6.07, 6.45) is -3.74. The number of thiophene rings is 1. The smallest absolute Gasteiger partial charge is 0.324 e. The van der Waals surface area contributed by atoms with Crippen molar-refractivity contribution in [1.82, 2.24) is 9.97 Å². The van der Waals surface area contributed by atoms with Gasteiger partial charge in [0.05, 0.1) is 11.9 Å². The monoisotopic (exact) mass is 294 g/mol. The maximum atomic E-state index is 12.9. The Morgan fingerprint density at radius 2 is 2.11 bits per heavy atom. The predicted molar refractivity (Wildman–Crippen MR) is 66.0 cm³/mol. The van der Waals surface area contributed by atoms with Crippen LogP contribution in [0.25, 0.3) is 10.2 Å². The van der Waals surface area contributed by atoms with Crippen molar-refractivity contribution >= 4 is 33.3 Å². The maximum absolute atomic E-state index is 12.9. The number of fused-ring (bicyclic) bond motifs is 1. The molecule has 0 radical (unpaired) electrons. The number of hydrogen-bond donors (Lipinski definition) is 2. The molecule has 0 atom stereocenters. The molecule has 0 amide bonds. The lowest BCUT2D eigenvalue weighted by Crippen LogP contribution is -2.35. The van der Waals surface area contributed by atoms with E-state index in [4.69, 9.17) is 5.73 Å². The summed E-state index contributed by atoms with van der Waals surface area (Å²) in [5.41, 5.74) is 5.44. The lowest BCUT2D eigenvalue weighted by molar-refractivity contribution is -0.117. The van der Waals surface area contributed by atoms with Crippen molar-refractivity contribution in [1.29, 1.82) is 0 Å². The van der Waals surface area contributed by atoms with Gasteiger partial charge in [0, 0.05) is 4.88 Å². The number of rotatable bonds is 4. The van der Waals surface area contributed by atoms with Gasteiger partial charge in [0.25, 0.3) is 0 Å². The van der Waals surface area contributed by atoms with Gasteiger partial charge in [0.2, 0.25) is 5.95 Å². The number of alkyl halides is 4. The number of nitrogens with two attached hydrogens (primary N) is 1. The van der Waals surface area contributed by atoms with Crippen LogP contribution < -0.4 is 11.1 Å². The van der Waals surface area contributed by atoms with Gasteiger partial charge < -0.3 is 11.1 Å². The third-order valence-corrected chi connectivity index (χ3v) is 3.29. The van der Waals surface area contributed by atoms with Crippen LogP contribution >= 0.6 is 11.3 Å². The largest absolute Gasteiger partial charge is 0.368 e. The van der Waals surface area contributed by atoms with Crippen molar-refractivity contribution in [3.8, 4) is 0 Å². The van der Waals surface area contributed by atoms with E-state index in [-0.39, 0.29) is 11.8 Å². The number of nitrogens with one attached hydrogen (secondary N) is 1. The number of halogens is 4. The van der Waals surface area contributed by atoms with Crippen molar-refractivity contribution in [2.75, 3.05) is 17.6 Å². The van der Waals surface area contributed by atoms with Crippen molar-refractivity contribution in [2.45, 2.75) is 19.3 Å². The second-order valence-corrected chi connectivity index (χ2v) is 5.16. The van der Waals surface area contributed by atoms with Crippen LogP contribution in [-0.4, -0.2) is 28.9 Å². The Balaban J connectivity index is 2.30. The van der Waals surface area contributed by atoms with Crippen LogP contribution in [0.3, 0.4) is 0 Å². The second kappa shape index (κ2) is 4.80. The molecule has 2 rings (SSSR count). The molecule has 0 unspecified atom stereocenters. The van der Waals surface area contributed by atoms with E-state index < -0.39 is 18.9 Å². The van der Waals surface area contributed by atoms with Gasteiger partial charge >= 0.3 is 12.3 Å². The summed E-state index contributed by atoms with van der Waals surface area (Å²) in [4.78, 5) is 9.12. The van der Waals surface area contributed by atoms with Crippen LogP contribution in [0.15, 0.2) is 6.07 Å². The first-order valence-corrected chi connectivity index (χ1v) is 6.05. The minimum atomic E-state index is -4.13. The number of aryl methyl sites for hydroxylation is 1. The Bertz CT molecular complexity index is 598. The van der Waals surface area contributed by atoms with Crippen LogP contribution in [-0.2, 0) is 0 Å². The number of nitrogens with zero attached hydrogens (tertiary/aromatic N) is 2. The molecule has 19 heavy (non-hydrogen) atoms. The van der Waals surface area contributed by atoms with E-state index in [0.717, 1.165) is 4.88 Å². The maximum Gasteiger partial charge on any atom is 0.324 e. The summed E-state index contributed by atoms with van der Waals surface area (Å²) in [6, 6.07) is 1.68.